The second-order valence-electron chi connectivity index (χ2n) is 7.44. The number of hydrogen-bond donors (Lipinski definition) is 0. The molecule has 0 aliphatic carbocycles. The van der Waals surface area contributed by atoms with Crippen LogP contribution < -0.4 is 9.64 Å². The Labute approximate surface area is 174 Å². The van der Waals surface area contributed by atoms with E-state index in [2.05, 4.69) is 0 Å². The number of carbonyl (C=O) groups excluding carboxylic acids is 3. The quantitative estimate of drug-likeness (QED) is 0.517. The summed E-state index contributed by atoms with van der Waals surface area (Å²) in [5.74, 6) is -0.255. The zero-order valence-electron chi connectivity index (χ0n) is 16.8. The summed E-state index contributed by atoms with van der Waals surface area (Å²) in [6.07, 6.45) is 2.44. The number of nitrogens with zero attached hydrogens (tertiary/aromatic N) is 1. The number of benzene rings is 2. The Balaban J connectivity index is 1.29. The molecule has 2 aliphatic heterocycles. The second kappa shape index (κ2) is 8.67. The molecule has 156 valence electrons. The van der Waals surface area contributed by atoms with E-state index in [-0.39, 0.29) is 30.8 Å². The first kappa shape index (κ1) is 20.1. The third-order valence-electron chi connectivity index (χ3n) is 5.36. The fourth-order valence-electron chi connectivity index (χ4n) is 3.59. The predicted molar refractivity (Wildman–Crippen MR) is 109 cm³/mol. The average molecular weight is 409 g/mol. The van der Waals surface area contributed by atoms with Gasteiger partial charge in [-0.05, 0) is 60.9 Å². The van der Waals surface area contributed by atoms with Crippen LogP contribution in [0.1, 0.15) is 39.1 Å². The minimum Gasteiger partial charge on any atom is -0.491 e. The van der Waals surface area contributed by atoms with Gasteiger partial charge in [-0.3, -0.25) is 9.59 Å². The minimum atomic E-state index is -0.579. The molecule has 2 heterocycles. The smallest absolute Gasteiger partial charge is 0.338 e. The van der Waals surface area contributed by atoms with Gasteiger partial charge >= 0.3 is 5.97 Å². The highest BCUT2D eigenvalue weighted by atomic mass is 16.5. The first-order valence-electron chi connectivity index (χ1n) is 9.95. The summed E-state index contributed by atoms with van der Waals surface area (Å²) >= 11 is 0. The number of anilines is 1. The normalized spacial score (nSPS) is 17.7. The van der Waals surface area contributed by atoms with Crippen molar-refractivity contribution in [3.05, 3.63) is 59.2 Å². The van der Waals surface area contributed by atoms with Gasteiger partial charge in [-0.25, -0.2) is 4.79 Å². The Hall–Kier alpha value is -3.19. The van der Waals surface area contributed by atoms with Crippen molar-refractivity contribution in [1.82, 2.24) is 0 Å². The molecular formula is C23H23NO6. The number of hydrogen-bond acceptors (Lipinski definition) is 6. The molecule has 7 heteroatoms. The van der Waals surface area contributed by atoms with Gasteiger partial charge in [-0.15, -0.1) is 0 Å². The highest BCUT2D eigenvalue weighted by molar-refractivity contribution is 6.04. The lowest BCUT2D eigenvalue weighted by atomic mass is 10.1. The van der Waals surface area contributed by atoms with Crippen molar-refractivity contribution in [2.75, 3.05) is 31.8 Å². The molecule has 2 aliphatic rings. The zero-order chi connectivity index (χ0) is 21.1. The lowest BCUT2D eigenvalue weighted by Gasteiger charge is -2.12. The first-order chi connectivity index (χ1) is 14.5. The topological polar surface area (TPSA) is 82.1 Å². The van der Waals surface area contributed by atoms with E-state index in [1.807, 2.05) is 0 Å². The number of carbonyl (C=O) groups is 3. The fourth-order valence-corrected chi connectivity index (χ4v) is 3.59. The van der Waals surface area contributed by atoms with Gasteiger partial charge < -0.3 is 19.1 Å². The Kier molecular flexibility index (Phi) is 5.81. The molecule has 0 aromatic heterocycles. The third-order valence-corrected chi connectivity index (χ3v) is 5.36. The molecule has 1 fully saturated rings. The molecule has 7 nitrogen and oxygen atoms in total. The highest BCUT2D eigenvalue weighted by Gasteiger charge is 2.25. The monoisotopic (exact) mass is 409 g/mol. The average Bonchev–Trinajstić information content (AvgIpc) is 3.38. The van der Waals surface area contributed by atoms with Crippen LogP contribution in [0.15, 0.2) is 42.5 Å². The molecular weight excluding hydrogens is 386 g/mol. The maximum Gasteiger partial charge on any atom is 0.338 e. The standard InChI is InChI=1S/C23H23NO6/c1-24-20-9-6-16(11-17(20)12-22(24)26)21(25)14-30-23(27)15-4-7-18(8-5-15)29-13-19-3-2-10-28-19/h4-9,11,19H,2-3,10,12-14H2,1H3/t19-/m0/s1. The van der Waals surface area contributed by atoms with Crippen molar-refractivity contribution in [1.29, 1.82) is 0 Å². The van der Waals surface area contributed by atoms with Gasteiger partial charge in [0.2, 0.25) is 5.91 Å². The summed E-state index contributed by atoms with van der Waals surface area (Å²) in [6, 6.07) is 11.7. The molecule has 0 N–H and O–H groups in total. The summed E-state index contributed by atoms with van der Waals surface area (Å²) in [7, 11) is 1.70. The van der Waals surface area contributed by atoms with E-state index in [0.717, 1.165) is 30.7 Å². The van der Waals surface area contributed by atoms with Crippen LogP contribution in [0, 0.1) is 0 Å². The molecule has 0 saturated carbocycles. The van der Waals surface area contributed by atoms with E-state index in [4.69, 9.17) is 14.2 Å². The van der Waals surface area contributed by atoms with Crippen LogP contribution in [0.2, 0.25) is 0 Å². The van der Waals surface area contributed by atoms with E-state index in [9.17, 15) is 14.4 Å². The Morgan fingerprint density at radius 1 is 1.13 bits per heavy atom. The first-order valence-corrected chi connectivity index (χ1v) is 9.95. The zero-order valence-corrected chi connectivity index (χ0v) is 16.8. The largest absolute Gasteiger partial charge is 0.491 e. The van der Waals surface area contributed by atoms with Crippen LogP contribution in [0.3, 0.4) is 0 Å². The highest BCUT2D eigenvalue weighted by Crippen LogP contribution is 2.28. The van der Waals surface area contributed by atoms with E-state index >= 15 is 0 Å². The summed E-state index contributed by atoms with van der Waals surface area (Å²) in [4.78, 5) is 38.0. The molecule has 4 rings (SSSR count). The lowest BCUT2D eigenvalue weighted by molar-refractivity contribution is -0.117. The fraction of sp³-hybridized carbons (Fsp3) is 0.348. The molecule has 2 aromatic rings. The van der Waals surface area contributed by atoms with Gasteiger partial charge in [0.25, 0.3) is 0 Å². The van der Waals surface area contributed by atoms with Crippen LogP contribution in [-0.4, -0.2) is 50.6 Å². The summed E-state index contributed by atoms with van der Waals surface area (Å²) in [5, 5.41) is 0. The van der Waals surface area contributed by atoms with Gasteiger partial charge in [0.15, 0.2) is 12.4 Å². The minimum absolute atomic E-state index is 0.00998. The predicted octanol–water partition coefficient (Wildman–Crippen LogP) is 2.80. The summed E-state index contributed by atoms with van der Waals surface area (Å²) in [6.45, 7) is 0.900. The SMILES string of the molecule is CN1C(=O)Cc2cc(C(=O)COC(=O)c3ccc(OC[C@@H]4CCCO4)cc3)ccc21. The van der Waals surface area contributed by atoms with Crippen molar-refractivity contribution < 1.29 is 28.6 Å². The van der Waals surface area contributed by atoms with E-state index in [1.165, 1.54) is 0 Å². The molecule has 1 atom stereocenters. The Morgan fingerprint density at radius 3 is 2.63 bits per heavy atom. The Morgan fingerprint density at radius 2 is 1.90 bits per heavy atom. The molecule has 0 bridgehead atoms. The maximum absolute atomic E-state index is 12.4. The molecule has 2 aromatic carbocycles. The molecule has 30 heavy (non-hydrogen) atoms. The van der Waals surface area contributed by atoms with Crippen LogP contribution in [-0.2, 0) is 20.7 Å². The van der Waals surface area contributed by atoms with Crippen molar-refractivity contribution in [3.8, 4) is 5.75 Å². The van der Waals surface area contributed by atoms with Gasteiger partial charge in [0, 0.05) is 24.9 Å². The van der Waals surface area contributed by atoms with Crippen molar-refractivity contribution >= 4 is 23.3 Å². The Bertz CT molecular complexity index is 962. The number of ketones is 1. The van der Waals surface area contributed by atoms with E-state index in [0.29, 0.717) is 23.5 Å². The van der Waals surface area contributed by atoms with E-state index in [1.54, 1.807) is 54.4 Å². The molecule has 0 radical (unpaired) electrons. The number of ether oxygens (including phenoxy) is 3. The van der Waals surface area contributed by atoms with Gasteiger partial charge in [0.1, 0.15) is 12.4 Å². The van der Waals surface area contributed by atoms with Crippen molar-refractivity contribution in [3.63, 3.8) is 0 Å². The number of rotatable bonds is 7. The van der Waals surface area contributed by atoms with Crippen molar-refractivity contribution in [2.24, 2.45) is 0 Å². The van der Waals surface area contributed by atoms with Gasteiger partial charge in [-0.2, -0.15) is 0 Å². The van der Waals surface area contributed by atoms with E-state index < -0.39 is 5.97 Å². The third kappa shape index (κ3) is 4.36. The van der Waals surface area contributed by atoms with Crippen LogP contribution in [0.25, 0.3) is 0 Å². The number of Topliss-reactive ketones (excluding diaryl/α,β-unsaturated/α-hetero) is 1. The molecule has 0 spiro atoms. The maximum atomic E-state index is 12.4. The molecule has 1 saturated heterocycles. The second-order valence-corrected chi connectivity index (χ2v) is 7.44. The lowest BCUT2D eigenvalue weighted by Crippen LogP contribution is -2.20. The van der Waals surface area contributed by atoms with Crippen molar-refractivity contribution in [2.45, 2.75) is 25.4 Å². The number of fused-ring (bicyclic) bond motifs is 1. The van der Waals surface area contributed by atoms with Gasteiger partial charge in [0.05, 0.1) is 18.1 Å². The van der Waals surface area contributed by atoms with Crippen LogP contribution in [0.4, 0.5) is 5.69 Å². The summed E-state index contributed by atoms with van der Waals surface area (Å²) < 4.78 is 16.3. The summed E-state index contributed by atoms with van der Waals surface area (Å²) in [5.41, 5.74) is 2.37. The number of esters is 1. The molecule has 0 unspecified atom stereocenters. The van der Waals surface area contributed by atoms with Crippen LogP contribution in [0.5, 0.6) is 5.75 Å². The molecule has 1 amide bonds. The van der Waals surface area contributed by atoms with Gasteiger partial charge in [-0.1, -0.05) is 0 Å². The number of amides is 1. The number of likely N-dealkylation sites (N-methyl/N-ethyl adjacent to an activating group) is 1. The van der Waals surface area contributed by atoms with Crippen LogP contribution >= 0.6 is 0 Å².